The number of hydrazone groups is 1. The molecule has 0 saturated heterocycles. The number of amides is 1. The maximum Gasteiger partial charge on any atom is 0.275 e. The van der Waals surface area contributed by atoms with E-state index in [4.69, 9.17) is 4.74 Å². The maximum atomic E-state index is 12.4. The molecule has 29 heavy (non-hydrogen) atoms. The third kappa shape index (κ3) is 4.14. The summed E-state index contributed by atoms with van der Waals surface area (Å²) < 4.78 is 5.24. The van der Waals surface area contributed by atoms with Crippen molar-refractivity contribution >= 4 is 17.8 Å². The van der Waals surface area contributed by atoms with Gasteiger partial charge in [-0.1, -0.05) is 19.1 Å². The molecule has 5 nitrogen and oxygen atoms in total. The molecule has 2 aromatic rings. The Hall–Kier alpha value is -2.82. The first kappa shape index (κ1) is 20.9. The van der Waals surface area contributed by atoms with Crippen LogP contribution in [0.5, 0.6) is 5.75 Å². The van der Waals surface area contributed by atoms with Crippen molar-refractivity contribution in [2.24, 2.45) is 5.10 Å². The first-order chi connectivity index (χ1) is 13.8. The van der Waals surface area contributed by atoms with Crippen LogP contribution >= 0.6 is 0 Å². The number of benzene rings is 2. The van der Waals surface area contributed by atoms with Crippen LogP contribution in [0.1, 0.15) is 67.1 Å². The van der Waals surface area contributed by atoms with Crippen molar-refractivity contribution in [1.29, 1.82) is 0 Å². The number of carbonyl (C=O) groups excluding carboxylic acids is 1. The van der Waals surface area contributed by atoms with Gasteiger partial charge in [0, 0.05) is 17.8 Å². The van der Waals surface area contributed by atoms with Gasteiger partial charge in [0.1, 0.15) is 5.75 Å². The van der Waals surface area contributed by atoms with Crippen LogP contribution in [0.4, 0.5) is 5.69 Å². The quantitative estimate of drug-likeness (QED) is 0.582. The van der Waals surface area contributed by atoms with Gasteiger partial charge >= 0.3 is 0 Å². The van der Waals surface area contributed by atoms with Gasteiger partial charge in [-0.2, -0.15) is 5.10 Å². The summed E-state index contributed by atoms with van der Waals surface area (Å²) in [5, 5.41) is 4.20. The zero-order valence-electron chi connectivity index (χ0n) is 18.2. The Bertz CT molecular complexity index is 934. The second kappa shape index (κ2) is 8.27. The van der Waals surface area contributed by atoms with Crippen molar-refractivity contribution in [2.45, 2.75) is 52.5 Å². The minimum atomic E-state index is -0.290. The Morgan fingerprint density at radius 1 is 1.34 bits per heavy atom. The molecule has 0 saturated carbocycles. The highest BCUT2D eigenvalue weighted by atomic mass is 16.5. The minimum absolute atomic E-state index is 0.145. The van der Waals surface area contributed by atoms with E-state index in [1.165, 1.54) is 11.3 Å². The summed E-state index contributed by atoms with van der Waals surface area (Å²) in [5.74, 6) is 0.710. The Kier molecular flexibility index (Phi) is 5.96. The summed E-state index contributed by atoms with van der Waals surface area (Å²) in [6.45, 7) is 12.2. The van der Waals surface area contributed by atoms with E-state index in [1.807, 2.05) is 6.07 Å². The molecule has 0 aromatic heterocycles. The van der Waals surface area contributed by atoms with E-state index < -0.39 is 0 Å². The smallest absolute Gasteiger partial charge is 0.275 e. The second-order valence-corrected chi connectivity index (χ2v) is 8.33. The van der Waals surface area contributed by atoms with E-state index in [0.717, 1.165) is 24.1 Å². The number of ether oxygens (including phenoxy) is 1. The zero-order valence-corrected chi connectivity index (χ0v) is 18.2. The van der Waals surface area contributed by atoms with Gasteiger partial charge in [0.05, 0.1) is 18.9 Å². The standard InChI is InChI=1S/C24H31N3O2/c1-7-27-21-12-16(2)18(13-20(21)17(3)14-24(27,4)5)15-25-26-23(28)19-10-8-9-11-22(19)29-6/h8-13,15,17H,7,14H2,1-6H3,(H,26,28)/b25-15+. The average molecular weight is 394 g/mol. The number of methoxy groups -OCH3 is 1. The predicted molar refractivity (Wildman–Crippen MR) is 119 cm³/mol. The number of rotatable bonds is 5. The van der Waals surface area contributed by atoms with E-state index >= 15 is 0 Å². The fourth-order valence-corrected chi connectivity index (χ4v) is 4.44. The van der Waals surface area contributed by atoms with Gasteiger partial charge in [-0.15, -0.1) is 0 Å². The van der Waals surface area contributed by atoms with Gasteiger partial charge in [-0.05, 0) is 81.0 Å². The van der Waals surface area contributed by atoms with Gasteiger partial charge < -0.3 is 9.64 Å². The van der Waals surface area contributed by atoms with Gasteiger partial charge in [0.25, 0.3) is 5.91 Å². The Labute approximate surface area is 173 Å². The number of carbonyl (C=O) groups is 1. The summed E-state index contributed by atoms with van der Waals surface area (Å²) in [4.78, 5) is 14.9. The fraction of sp³-hybridized carbons (Fsp3) is 0.417. The Morgan fingerprint density at radius 3 is 2.76 bits per heavy atom. The van der Waals surface area contributed by atoms with Crippen LogP contribution in [0, 0.1) is 6.92 Å². The lowest BCUT2D eigenvalue weighted by Crippen LogP contribution is -2.48. The van der Waals surface area contributed by atoms with Crippen molar-refractivity contribution in [3.05, 3.63) is 58.7 Å². The van der Waals surface area contributed by atoms with Crippen molar-refractivity contribution in [3.8, 4) is 5.75 Å². The topological polar surface area (TPSA) is 53.9 Å². The molecule has 2 aromatic carbocycles. The van der Waals surface area contributed by atoms with Crippen LogP contribution in [0.2, 0.25) is 0 Å². The molecule has 0 aliphatic carbocycles. The molecule has 0 fully saturated rings. The highest BCUT2D eigenvalue weighted by Gasteiger charge is 2.35. The van der Waals surface area contributed by atoms with Gasteiger partial charge in [-0.25, -0.2) is 5.43 Å². The third-order valence-corrected chi connectivity index (χ3v) is 5.81. The fourth-order valence-electron chi connectivity index (χ4n) is 4.44. The van der Waals surface area contributed by atoms with E-state index in [9.17, 15) is 4.79 Å². The van der Waals surface area contributed by atoms with E-state index in [0.29, 0.717) is 17.2 Å². The number of hydrogen-bond acceptors (Lipinski definition) is 4. The first-order valence-corrected chi connectivity index (χ1v) is 10.2. The van der Waals surface area contributed by atoms with Crippen molar-refractivity contribution in [3.63, 3.8) is 0 Å². The summed E-state index contributed by atoms with van der Waals surface area (Å²) in [5.41, 5.74) is 8.03. The van der Waals surface area contributed by atoms with E-state index in [1.54, 1.807) is 31.5 Å². The zero-order chi connectivity index (χ0) is 21.2. The largest absolute Gasteiger partial charge is 0.496 e. The third-order valence-electron chi connectivity index (χ3n) is 5.81. The van der Waals surface area contributed by atoms with Crippen LogP contribution in [0.15, 0.2) is 41.5 Å². The summed E-state index contributed by atoms with van der Waals surface area (Å²) in [6, 6.07) is 11.6. The van der Waals surface area contributed by atoms with Crippen LogP contribution in [0.25, 0.3) is 0 Å². The van der Waals surface area contributed by atoms with Gasteiger partial charge in [0.2, 0.25) is 0 Å². The number of para-hydroxylation sites is 1. The maximum absolute atomic E-state index is 12.4. The molecule has 0 spiro atoms. The van der Waals surface area contributed by atoms with Crippen molar-refractivity contribution in [1.82, 2.24) is 5.43 Å². The molecule has 1 unspecified atom stereocenters. The minimum Gasteiger partial charge on any atom is -0.496 e. The molecule has 1 aliphatic rings. The number of nitrogens with one attached hydrogen (secondary N) is 1. The van der Waals surface area contributed by atoms with Crippen molar-refractivity contribution < 1.29 is 9.53 Å². The molecule has 1 atom stereocenters. The summed E-state index contributed by atoms with van der Waals surface area (Å²) >= 11 is 0. The summed E-state index contributed by atoms with van der Waals surface area (Å²) in [6.07, 6.45) is 2.84. The molecule has 1 amide bonds. The van der Waals surface area contributed by atoms with Crippen LogP contribution < -0.4 is 15.1 Å². The molecule has 154 valence electrons. The summed E-state index contributed by atoms with van der Waals surface area (Å²) in [7, 11) is 1.55. The SMILES string of the molecule is CCN1c2cc(C)c(/C=N/NC(=O)c3ccccc3OC)cc2C(C)CC1(C)C. The number of hydrogen-bond donors (Lipinski definition) is 1. The number of anilines is 1. The van der Waals surface area contributed by atoms with Crippen LogP contribution in [-0.4, -0.2) is 31.3 Å². The molecule has 3 rings (SSSR count). The van der Waals surface area contributed by atoms with Crippen molar-refractivity contribution in [2.75, 3.05) is 18.6 Å². The molecule has 0 bridgehead atoms. The van der Waals surface area contributed by atoms with E-state index in [2.05, 4.69) is 62.2 Å². The molecular weight excluding hydrogens is 362 g/mol. The first-order valence-electron chi connectivity index (χ1n) is 10.2. The Morgan fingerprint density at radius 2 is 2.07 bits per heavy atom. The molecule has 5 heteroatoms. The lowest BCUT2D eigenvalue weighted by atomic mass is 9.79. The second-order valence-electron chi connectivity index (χ2n) is 8.33. The molecule has 1 N–H and O–H groups in total. The van der Waals surface area contributed by atoms with Gasteiger partial charge in [-0.3, -0.25) is 4.79 Å². The molecule has 1 aliphatic heterocycles. The number of aryl methyl sites for hydroxylation is 1. The van der Waals surface area contributed by atoms with Crippen LogP contribution in [-0.2, 0) is 0 Å². The lowest BCUT2D eigenvalue weighted by Gasteiger charge is -2.47. The Balaban J connectivity index is 1.84. The molecular formula is C24H31N3O2. The number of fused-ring (bicyclic) bond motifs is 1. The van der Waals surface area contributed by atoms with Crippen LogP contribution in [0.3, 0.4) is 0 Å². The molecule has 0 radical (unpaired) electrons. The predicted octanol–water partition coefficient (Wildman–Crippen LogP) is 4.88. The normalized spacial score (nSPS) is 17.9. The number of nitrogens with zero attached hydrogens (tertiary/aromatic N) is 2. The van der Waals surface area contributed by atoms with Gasteiger partial charge in [0.15, 0.2) is 0 Å². The lowest BCUT2D eigenvalue weighted by molar-refractivity contribution is 0.0952. The van der Waals surface area contributed by atoms with E-state index in [-0.39, 0.29) is 11.4 Å². The highest BCUT2D eigenvalue weighted by Crippen LogP contribution is 2.43. The monoisotopic (exact) mass is 393 g/mol. The molecule has 1 heterocycles. The average Bonchev–Trinajstić information content (AvgIpc) is 2.68. The highest BCUT2D eigenvalue weighted by molar-refractivity contribution is 5.97.